The average Bonchev–Trinajstić information content (AvgIpc) is 3.26. The summed E-state index contributed by atoms with van der Waals surface area (Å²) in [5.41, 5.74) is 14.7. The highest BCUT2D eigenvalue weighted by atomic mass is 14.2. The summed E-state index contributed by atoms with van der Waals surface area (Å²) in [4.78, 5) is 0. The van der Waals surface area contributed by atoms with Crippen LogP contribution in [0.2, 0.25) is 0 Å². The van der Waals surface area contributed by atoms with Crippen molar-refractivity contribution in [2.75, 3.05) is 0 Å². The third kappa shape index (κ3) is 5.66. The Balaban J connectivity index is 1.15. The summed E-state index contributed by atoms with van der Waals surface area (Å²) in [6.45, 7) is 0. The first-order valence-electron chi connectivity index (χ1n) is 18.7. The van der Waals surface area contributed by atoms with Gasteiger partial charge in [-0.05, 0) is 123 Å². The molecule has 10 rings (SSSR count). The lowest BCUT2D eigenvalue weighted by molar-refractivity contribution is 1.56. The van der Waals surface area contributed by atoms with Crippen LogP contribution in [0.5, 0.6) is 0 Å². The minimum atomic E-state index is 1.19. The lowest BCUT2D eigenvalue weighted by Crippen LogP contribution is -1.92. The van der Waals surface area contributed by atoms with Crippen LogP contribution in [0, 0.1) is 0 Å². The molecule has 0 N–H and O–H groups in total. The summed E-state index contributed by atoms with van der Waals surface area (Å²) in [6, 6.07) is 79.8. The normalized spacial score (nSPS) is 11.3. The van der Waals surface area contributed by atoms with Crippen LogP contribution in [0.25, 0.3) is 99.1 Å². The Kier molecular flexibility index (Phi) is 7.93. The van der Waals surface area contributed by atoms with Crippen molar-refractivity contribution in [2.45, 2.75) is 0 Å². The van der Waals surface area contributed by atoms with Gasteiger partial charge in [0.05, 0.1) is 0 Å². The average molecular weight is 685 g/mol. The largest absolute Gasteiger partial charge is 0.0622 e. The van der Waals surface area contributed by atoms with Gasteiger partial charge in [-0.15, -0.1) is 0 Å². The molecule has 252 valence electrons. The summed E-state index contributed by atoms with van der Waals surface area (Å²) in [5, 5.41) is 7.56. The Labute approximate surface area is 316 Å². The molecule has 0 spiro atoms. The van der Waals surface area contributed by atoms with Gasteiger partial charge in [0.15, 0.2) is 0 Å². The van der Waals surface area contributed by atoms with Crippen LogP contribution in [0.1, 0.15) is 0 Å². The van der Waals surface area contributed by atoms with E-state index in [1.165, 1.54) is 99.1 Å². The van der Waals surface area contributed by atoms with Crippen LogP contribution < -0.4 is 0 Å². The van der Waals surface area contributed by atoms with Crippen molar-refractivity contribution in [3.05, 3.63) is 218 Å². The highest BCUT2D eigenvalue weighted by Crippen LogP contribution is 2.45. The molecule has 0 aliphatic carbocycles. The summed E-state index contributed by atoms with van der Waals surface area (Å²) in [5.74, 6) is 0. The van der Waals surface area contributed by atoms with Crippen LogP contribution in [-0.4, -0.2) is 0 Å². The summed E-state index contributed by atoms with van der Waals surface area (Å²) >= 11 is 0. The molecule has 0 unspecified atom stereocenters. The number of fused-ring (bicyclic) bond motifs is 3. The summed E-state index contributed by atoms with van der Waals surface area (Å²) in [7, 11) is 0. The minimum absolute atomic E-state index is 1.19. The van der Waals surface area contributed by atoms with Crippen LogP contribution in [0.4, 0.5) is 0 Å². The van der Waals surface area contributed by atoms with Gasteiger partial charge in [-0.3, -0.25) is 0 Å². The molecule has 0 nitrogen and oxygen atoms in total. The first-order valence-corrected chi connectivity index (χ1v) is 18.7. The second-order valence-electron chi connectivity index (χ2n) is 14.1. The molecule has 54 heavy (non-hydrogen) atoms. The summed E-state index contributed by atoms with van der Waals surface area (Å²) in [6.07, 6.45) is 0. The third-order valence-electron chi connectivity index (χ3n) is 10.8. The number of hydrogen-bond acceptors (Lipinski definition) is 0. The maximum Gasteiger partial charge on any atom is -0.00261 e. The van der Waals surface area contributed by atoms with Gasteiger partial charge in [-0.25, -0.2) is 0 Å². The van der Waals surface area contributed by atoms with E-state index < -0.39 is 0 Å². The Bertz CT molecular complexity index is 2910. The van der Waals surface area contributed by atoms with Crippen LogP contribution in [0.15, 0.2) is 218 Å². The Hall–Kier alpha value is -7.02. The van der Waals surface area contributed by atoms with Gasteiger partial charge in [0, 0.05) is 0 Å². The lowest BCUT2D eigenvalue weighted by atomic mass is 9.84. The minimum Gasteiger partial charge on any atom is -0.0622 e. The van der Waals surface area contributed by atoms with E-state index in [2.05, 4.69) is 218 Å². The van der Waals surface area contributed by atoms with Crippen LogP contribution in [-0.2, 0) is 0 Å². The molecule has 0 atom stereocenters. The van der Waals surface area contributed by atoms with E-state index in [1.54, 1.807) is 0 Å². The Morgan fingerprint density at radius 1 is 0.185 bits per heavy atom. The SMILES string of the molecule is c1ccc(-c2ccc(-c3c4ccccc4c(-c4ccccc4)c4ccccc34)cc2-c2cccc(-c3cccc(-c4ccc5ccccc5c4)c3)c2)cc1. The molecule has 0 aliphatic rings. The molecule has 0 amide bonds. The van der Waals surface area contributed by atoms with E-state index in [1.807, 2.05) is 0 Å². The predicted octanol–water partition coefficient (Wildman–Crippen LogP) is 15.1. The molecule has 0 saturated heterocycles. The van der Waals surface area contributed by atoms with E-state index in [0.717, 1.165) is 0 Å². The van der Waals surface area contributed by atoms with Gasteiger partial charge in [0.2, 0.25) is 0 Å². The predicted molar refractivity (Wildman–Crippen MR) is 232 cm³/mol. The van der Waals surface area contributed by atoms with E-state index >= 15 is 0 Å². The maximum absolute atomic E-state index is 2.42. The van der Waals surface area contributed by atoms with Crippen molar-refractivity contribution in [3.8, 4) is 66.8 Å². The van der Waals surface area contributed by atoms with Gasteiger partial charge in [-0.1, -0.05) is 194 Å². The Morgan fingerprint density at radius 3 is 1.22 bits per heavy atom. The monoisotopic (exact) mass is 684 g/mol. The molecule has 0 radical (unpaired) electrons. The molecule has 10 aromatic carbocycles. The molecule has 0 aliphatic heterocycles. The van der Waals surface area contributed by atoms with Gasteiger partial charge < -0.3 is 0 Å². The van der Waals surface area contributed by atoms with Gasteiger partial charge in [0.25, 0.3) is 0 Å². The second kappa shape index (κ2) is 13.5. The maximum atomic E-state index is 2.42. The zero-order chi connectivity index (χ0) is 35.8. The first kappa shape index (κ1) is 31.7. The number of rotatable bonds is 6. The Morgan fingerprint density at radius 2 is 0.611 bits per heavy atom. The highest BCUT2D eigenvalue weighted by molar-refractivity contribution is 6.21. The van der Waals surface area contributed by atoms with E-state index in [9.17, 15) is 0 Å². The molecule has 0 saturated carbocycles. The van der Waals surface area contributed by atoms with Crippen molar-refractivity contribution in [1.82, 2.24) is 0 Å². The molecule has 0 heteroatoms. The van der Waals surface area contributed by atoms with Crippen molar-refractivity contribution in [1.29, 1.82) is 0 Å². The van der Waals surface area contributed by atoms with Crippen molar-refractivity contribution in [2.24, 2.45) is 0 Å². The second-order valence-corrected chi connectivity index (χ2v) is 14.1. The quantitative estimate of drug-likeness (QED) is 0.153. The standard InChI is InChI=1S/C54H36/c1-3-16-38(17-4-1)47-32-31-46(54-50-27-11-9-25-48(50)53(39-18-5-2-6-19-39)49-26-10-12-28-51(49)54)36-52(47)45-24-14-23-43(35-45)41-21-13-22-42(34-41)44-30-29-37-15-7-8-20-40(37)33-44/h1-36H. The molecule has 10 aromatic rings. The highest BCUT2D eigenvalue weighted by Gasteiger charge is 2.18. The van der Waals surface area contributed by atoms with Crippen molar-refractivity contribution in [3.63, 3.8) is 0 Å². The lowest BCUT2D eigenvalue weighted by Gasteiger charge is -2.19. The smallest absolute Gasteiger partial charge is 0.00261 e. The van der Waals surface area contributed by atoms with Gasteiger partial charge in [0.1, 0.15) is 0 Å². The number of hydrogen-bond donors (Lipinski definition) is 0. The molecular formula is C54H36. The van der Waals surface area contributed by atoms with Gasteiger partial charge >= 0.3 is 0 Å². The van der Waals surface area contributed by atoms with Crippen LogP contribution in [0.3, 0.4) is 0 Å². The molecule has 0 aromatic heterocycles. The van der Waals surface area contributed by atoms with Crippen LogP contribution >= 0.6 is 0 Å². The number of benzene rings is 10. The molecule has 0 fully saturated rings. The zero-order valence-corrected chi connectivity index (χ0v) is 29.8. The summed E-state index contributed by atoms with van der Waals surface area (Å²) < 4.78 is 0. The fraction of sp³-hybridized carbons (Fsp3) is 0. The zero-order valence-electron chi connectivity index (χ0n) is 29.8. The molecule has 0 bridgehead atoms. The van der Waals surface area contributed by atoms with E-state index in [-0.39, 0.29) is 0 Å². The first-order chi connectivity index (χ1) is 26.8. The molecule has 0 heterocycles. The third-order valence-corrected chi connectivity index (χ3v) is 10.8. The van der Waals surface area contributed by atoms with Crippen molar-refractivity contribution < 1.29 is 0 Å². The van der Waals surface area contributed by atoms with E-state index in [0.29, 0.717) is 0 Å². The van der Waals surface area contributed by atoms with Gasteiger partial charge in [-0.2, -0.15) is 0 Å². The van der Waals surface area contributed by atoms with E-state index in [4.69, 9.17) is 0 Å². The van der Waals surface area contributed by atoms with Crippen molar-refractivity contribution >= 4 is 32.3 Å². The topological polar surface area (TPSA) is 0 Å². The fourth-order valence-corrected chi connectivity index (χ4v) is 8.28. The fourth-order valence-electron chi connectivity index (χ4n) is 8.28. The molecular weight excluding hydrogens is 649 g/mol.